The molecule has 1 N–H and O–H groups in total. The van der Waals surface area contributed by atoms with Gasteiger partial charge in [-0.1, -0.05) is 13.8 Å². The summed E-state index contributed by atoms with van der Waals surface area (Å²) in [6, 6.07) is 0. The third kappa shape index (κ3) is 2.89. The van der Waals surface area contributed by atoms with E-state index in [9.17, 15) is 22.8 Å². The summed E-state index contributed by atoms with van der Waals surface area (Å²) in [6.07, 6.45) is -4.70. The van der Waals surface area contributed by atoms with E-state index in [-0.39, 0.29) is 19.5 Å². The second kappa shape index (κ2) is 4.19. The van der Waals surface area contributed by atoms with Crippen molar-refractivity contribution in [3.8, 4) is 0 Å². The van der Waals surface area contributed by atoms with Crippen LogP contribution in [-0.4, -0.2) is 41.1 Å². The van der Waals surface area contributed by atoms with Crippen LogP contribution in [0, 0.1) is 11.3 Å². The van der Waals surface area contributed by atoms with Gasteiger partial charge in [-0.2, -0.15) is 13.2 Å². The number of carboxylic acid groups (broad SMARTS) is 1. The van der Waals surface area contributed by atoms with Crippen molar-refractivity contribution in [2.24, 2.45) is 11.3 Å². The topological polar surface area (TPSA) is 57.6 Å². The maximum atomic E-state index is 12.2. The Morgan fingerprint density at radius 2 is 1.88 bits per heavy atom. The largest absolute Gasteiger partial charge is 0.481 e. The molecule has 1 rings (SSSR count). The summed E-state index contributed by atoms with van der Waals surface area (Å²) in [7, 11) is 0. The summed E-state index contributed by atoms with van der Waals surface area (Å²) in [6.45, 7) is 2.91. The minimum atomic E-state index is -4.94. The van der Waals surface area contributed by atoms with E-state index in [2.05, 4.69) is 0 Å². The van der Waals surface area contributed by atoms with Crippen LogP contribution in [0.25, 0.3) is 0 Å². The number of piperidine rings is 1. The van der Waals surface area contributed by atoms with Gasteiger partial charge in [-0.05, 0) is 11.8 Å². The van der Waals surface area contributed by atoms with E-state index < -0.39 is 29.4 Å². The van der Waals surface area contributed by atoms with E-state index in [1.54, 1.807) is 13.8 Å². The highest BCUT2D eigenvalue weighted by molar-refractivity contribution is 5.83. The first-order valence-corrected chi connectivity index (χ1v) is 5.14. The maximum Gasteiger partial charge on any atom is 0.471 e. The van der Waals surface area contributed by atoms with Gasteiger partial charge in [0, 0.05) is 13.1 Å². The van der Waals surface area contributed by atoms with E-state index in [4.69, 9.17) is 5.11 Å². The first-order valence-electron chi connectivity index (χ1n) is 5.14. The number of hydrogen-bond donors (Lipinski definition) is 1. The van der Waals surface area contributed by atoms with Crippen LogP contribution in [0.5, 0.6) is 0 Å². The molecule has 1 fully saturated rings. The highest BCUT2D eigenvalue weighted by atomic mass is 19.4. The summed E-state index contributed by atoms with van der Waals surface area (Å²) in [5, 5.41) is 8.96. The fourth-order valence-corrected chi connectivity index (χ4v) is 1.93. The number of alkyl halides is 3. The molecule has 0 bridgehead atoms. The number of amides is 1. The molecular weight excluding hydrogens is 239 g/mol. The second-order valence-corrected chi connectivity index (χ2v) is 4.88. The summed E-state index contributed by atoms with van der Waals surface area (Å²) in [4.78, 5) is 22.5. The smallest absolute Gasteiger partial charge is 0.471 e. The molecule has 0 aromatic carbocycles. The van der Waals surface area contributed by atoms with Crippen LogP contribution in [0.15, 0.2) is 0 Å². The number of carbonyl (C=O) groups excluding carboxylic acids is 1. The molecule has 98 valence electrons. The van der Waals surface area contributed by atoms with Gasteiger partial charge in [-0.25, -0.2) is 0 Å². The molecule has 17 heavy (non-hydrogen) atoms. The average molecular weight is 253 g/mol. The minimum absolute atomic E-state index is 0.0604. The van der Waals surface area contributed by atoms with Crippen molar-refractivity contribution in [1.29, 1.82) is 0 Å². The molecule has 0 radical (unpaired) electrons. The highest BCUT2D eigenvalue weighted by Gasteiger charge is 2.48. The summed E-state index contributed by atoms with van der Waals surface area (Å²) < 4.78 is 36.6. The number of aliphatic carboxylic acids is 1. The third-order valence-electron chi connectivity index (χ3n) is 3.20. The lowest BCUT2D eigenvalue weighted by molar-refractivity contribution is -0.189. The molecule has 0 aliphatic carbocycles. The maximum absolute atomic E-state index is 12.2. The van der Waals surface area contributed by atoms with Gasteiger partial charge in [0.2, 0.25) is 0 Å². The van der Waals surface area contributed by atoms with Gasteiger partial charge in [0.15, 0.2) is 0 Å². The molecule has 1 unspecified atom stereocenters. The van der Waals surface area contributed by atoms with Crippen LogP contribution in [0.2, 0.25) is 0 Å². The average Bonchev–Trinajstić information content (AvgIpc) is 2.14. The first-order chi connectivity index (χ1) is 7.55. The normalized spacial score (nSPS) is 24.5. The highest BCUT2D eigenvalue weighted by Crippen LogP contribution is 2.36. The van der Waals surface area contributed by atoms with Gasteiger partial charge in [-0.15, -0.1) is 0 Å². The Bertz CT molecular complexity index is 338. The lowest BCUT2D eigenvalue weighted by Crippen LogP contribution is -2.53. The van der Waals surface area contributed by atoms with Gasteiger partial charge < -0.3 is 10.0 Å². The quantitative estimate of drug-likeness (QED) is 0.770. The fourth-order valence-electron chi connectivity index (χ4n) is 1.93. The number of halogens is 3. The minimum Gasteiger partial charge on any atom is -0.481 e. The van der Waals surface area contributed by atoms with E-state index >= 15 is 0 Å². The van der Waals surface area contributed by atoms with E-state index in [0.717, 1.165) is 0 Å². The van der Waals surface area contributed by atoms with Crippen LogP contribution in [0.4, 0.5) is 13.2 Å². The third-order valence-corrected chi connectivity index (χ3v) is 3.20. The van der Waals surface area contributed by atoms with Crippen LogP contribution in [0.3, 0.4) is 0 Å². The molecule has 0 saturated carbocycles. The lowest BCUT2D eigenvalue weighted by Gasteiger charge is -2.41. The second-order valence-electron chi connectivity index (χ2n) is 4.88. The van der Waals surface area contributed by atoms with Gasteiger partial charge in [0.05, 0.1) is 5.92 Å². The lowest BCUT2D eigenvalue weighted by atomic mass is 9.73. The van der Waals surface area contributed by atoms with Crippen LogP contribution < -0.4 is 0 Å². The number of likely N-dealkylation sites (tertiary alicyclic amines) is 1. The Hall–Kier alpha value is -1.27. The van der Waals surface area contributed by atoms with Gasteiger partial charge in [0.25, 0.3) is 0 Å². The predicted molar refractivity (Wildman–Crippen MR) is 52.2 cm³/mol. The summed E-state index contributed by atoms with van der Waals surface area (Å²) in [5.74, 6) is -4.10. The Labute approximate surface area is 96.4 Å². The molecule has 0 aromatic heterocycles. The number of nitrogens with zero attached hydrogens (tertiary/aromatic N) is 1. The molecule has 1 aliphatic rings. The molecule has 1 heterocycles. The molecule has 0 spiro atoms. The van der Waals surface area contributed by atoms with Gasteiger partial charge in [0.1, 0.15) is 0 Å². The van der Waals surface area contributed by atoms with Crippen LogP contribution in [-0.2, 0) is 9.59 Å². The van der Waals surface area contributed by atoms with E-state index in [0.29, 0.717) is 4.90 Å². The van der Waals surface area contributed by atoms with Crippen molar-refractivity contribution < 1.29 is 27.9 Å². The molecule has 7 heteroatoms. The molecule has 1 atom stereocenters. The van der Waals surface area contributed by atoms with Crippen molar-refractivity contribution in [1.82, 2.24) is 4.90 Å². The van der Waals surface area contributed by atoms with Crippen molar-refractivity contribution in [2.45, 2.75) is 26.4 Å². The number of rotatable bonds is 1. The zero-order chi connectivity index (χ0) is 13.4. The van der Waals surface area contributed by atoms with Crippen LogP contribution >= 0.6 is 0 Å². The Balaban J connectivity index is 2.84. The van der Waals surface area contributed by atoms with Gasteiger partial charge in [-0.3, -0.25) is 9.59 Å². The monoisotopic (exact) mass is 253 g/mol. The van der Waals surface area contributed by atoms with E-state index in [1.807, 2.05) is 0 Å². The standard InChI is InChI=1S/C10H14F3NO3/c1-9(2)3-4-14(5-6(9)7(15)16)8(17)10(11,12)13/h6H,3-5H2,1-2H3,(H,15,16). The molecule has 4 nitrogen and oxygen atoms in total. The first kappa shape index (κ1) is 13.8. The fraction of sp³-hybridized carbons (Fsp3) is 0.800. The number of carboxylic acids is 1. The SMILES string of the molecule is CC1(C)CCN(C(=O)C(F)(F)F)CC1C(=O)O. The van der Waals surface area contributed by atoms with Crippen molar-refractivity contribution >= 4 is 11.9 Å². The molecule has 1 aliphatic heterocycles. The Morgan fingerprint density at radius 3 is 2.29 bits per heavy atom. The number of hydrogen-bond acceptors (Lipinski definition) is 2. The van der Waals surface area contributed by atoms with Crippen molar-refractivity contribution in [3.05, 3.63) is 0 Å². The zero-order valence-electron chi connectivity index (χ0n) is 9.54. The van der Waals surface area contributed by atoms with Crippen LogP contribution in [0.1, 0.15) is 20.3 Å². The molecule has 0 aromatic rings. The zero-order valence-corrected chi connectivity index (χ0v) is 9.54. The predicted octanol–water partition coefficient (Wildman–Crippen LogP) is 1.51. The summed E-state index contributed by atoms with van der Waals surface area (Å²) in [5.41, 5.74) is -0.603. The molecule has 1 saturated heterocycles. The summed E-state index contributed by atoms with van der Waals surface area (Å²) >= 11 is 0. The van der Waals surface area contributed by atoms with Crippen molar-refractivity contribution in [3.63, 3.8) is 0 Å². The van der Waals surface area contributed by atoms with E-state index in [1.165, 1.54) is 0 Å². The van der Waals surface area contributed by atoms with Gasteiger partial charge >= 0.3 is 18.1 Å². The molecule has 1 amide bonds. The van der Waals surface area contributed by atoms with Crippen molar-refractivity contribution in [2.75, 3.05) is 13.1 Å². The number of carbonyl (C=O) groups is 2. The Morgan fingerprint density at radius 1 is 1.35 bits per heavy atom. The molecular formula is C10H14F3NO3. The Kier molecular flexibility index (Phi) is 3.40.